The van der Waals surface area contributed by atoms with Crippen molar-refractivity contribution < 1.29 is 4.79 Å². The summed E-state index contributed by atoms with van der Waals surface area (Å²) in [5.41, 5.74) is 3.26. The molecule has 5 rings (SSSR count). The Morgan fingerprint density at radius 3 is 2.41 bits per heavy atom. The van der Waals surface area contributed by atoms with Gasteiger partial charge in [-0.3, -0.25) is 9.36 Å². The zero-order valence-electron chi connectivity index (χ0n) is 15.9. The van der Waals surface area contributed by atoms with Crippen LogP contribution in [0.1, 0.15) is 48.3 Å². The summed E-state index contributed by atoms with van der Waals surface area (Å²) < 4.78 is 1.96. The van der Waals surface area contributed by atoms with Crippen LogP contribution >= 0.6 is 23.2 Å². The van der Waals surface area contributed by atoms with Crippen LogP contribution in [0.15, 0.2) is 48.5 Å². The Labute approximate surface area is 180 Å². The summed E-state index contributed by atoms with van der Waals surface area (Å²) in [6.07, 6.45) is 5.81. The molecule has 1 amide bonds. The number of amides is 1. The average molecular weight is 426 g/mol. The number of carbonyl (C=O) groups is 1. The third kappa shape index (κ3) is 3.34. The third-order valence-electron chi connectivity index (χ3n) is 5.92. The van der Waals surface area contributed by atoms with Gasteiger partial charge >= 0.3 is 0 Å². The van der Waals surface area contributed by atoms with Crippen molar-refractivity contribution in [1.82, 2.24) is 14.5 Å². The Morgan fingerprint density at radius 1 is 0.931 bits per heavy atom. The molecule has 6 heteroatoms. The minimum absolute atomic E-state index is 0.0719. The van der Waals surface area contributed by atoms with Gasteiger partial charge in [-0.25, -0.2) is 4.98 Å². The van der Waals surface area contributed by atoms with E-state index < -0.39 is 0 Å². The fourth-order valence-electron chi connectivity index (χ4n) is 4.51. The highest BCUT2D eigenvalue weighted by Crippen LogP contribution is 2.36. The van der Waals surface area contributed by atoms with Crippen LogP contribution in [0.5, 0.6) is 0 Å². The Balaban J connectivity index is 1.63. The number of aromatic nitrogens is 2. The van der Waals surface area contributed by atoms with Crippen molar-refractivity contribution in [3.05, 3.63) is 70.0 Å². The van der Waals surface area contributed by atoms with Crippen molar-refractivity contribution >= 4 is 29.1 Å². The van der Waals surface area contributed by atoms with Crippen molar-refractivity contribution in [2.45, 2.75) is 44.7 Å². The SMILES string of the molecule is O=C1c2c(nc(-c3cccc(Cl)c3)n2-c2ccc(Cl)cc2)CN1C1CCCCC1. The number of hydrogen-bond acceptors (Lipinski definition) is 2. The highest BCUT2D eigenvalue weighted by molar-refractivity contribution is 6.31. The van der Waals surface area contributed by atoms with Crippen molar-refractivity contribution in [2.75, 3.05) is 0 Å². The molecule has 1 aromatic heterocycles. The molecule has 1 saturated carbocycles. The molecule has 0 radical (unpaired) electrons. The summed E-state index contributed by atoms with van der Waals surface area (Å²) in [5.74, 6) is 0.805. The first kappa shape index (κ1) is 18.7. The fourth-order valence-corrected chi connectivity index (χ4v) is 4.83. The predicted octanol–water partition coefficient (Wildman–Crippen LogP) is 6.13. The molecule has 0 N–H and O–H groups in total. The Hall–Kier alpha value is -2.30. The van der Waals surface area contributed by atoms with Gasteiger partial charge in [-0.05, 0) is 49.2 Å². The first-order chi connectivity index (χ1) is 14.1. The van der Waals surface area contributed by atoms with E-state index in [4.69, 9.17) is 28.2 Å². The van der Waals surface area contributed by atoms with Gasteiger partial charge in [0.15, 0.2) is 0 Å². The van der Waals surface area contributed by atoms with Crippen LogP contribution in [0.3, 0.4) is 0 Å². The summed E-state index contributed by atoms with van der Waals surface area (Å²) in [7, 11) is 0. The average Bonchev–Trinajstić information content (AvgIpc) is 3.26. The monoisotopic (exact) mass is 425 g/mol. The lowest BCUT2D eigenvalue weighted by Gasteiger charge is -2.31. The van der Waals surface area contributed by atoms with Crippen LogP contribution < -0.4 is 0 Å². The molecule has 1 aliphatic heterocycles. The normalized spacial score (nSPS) is 17.0. The van der Waals surface area contributed by atoms with Crippen LogP contribution in [0.4, 0.5) is 0 Å². The molecule has 2 heterocycles. The van der Waals surface area contributed by atoms with Gasteiger partial charge in [-0.1, -0.05) is 54.6 Å². The third-order valence-corrected chi connectivity index (χ3v) is 6.40. The van der Waals surface area contributed by atoms with Gasteiger partial charge in [-0.2, -0.15) is 0 Å². The largest absolute Gasteiger partial charge is 0.328 e. The molecular weight excluding hydrogens is 405 g/mol. The second-order valence-corrected chi connectivity index (χ2v) is 8.65. The lowest BCUT2D eigenvalue weighted by Crippen LogP contribution is -2.37. The van der Waals surface area contributed by atoms with E-state index >= 15 is 0 Å². The number of imidazole rings is 1. The van der Waals surface area contributed by atoms with Gasteiger partial charge in [0.2, 0.25) is 0 Å². The second-order valence-electron chi connectivity index (χ2n) is 7.78. The molecule has 1 aliphatic carbocycles. The van der Waals surface area contributed by atoms with Crippen LogP contribution in [0.2, 0.25) is 10.0 Å². The maximum Gasteiger partial charge on any atom is 0.273 e. The molecule has 0 atom stereocenters. The topological polar surface area (TPSA) is 38.1 Å². The zero-order valence-corrected chi connectivity index (χ0v) is 17.5. The maximum absolute atomic E-state index is 13.5. The Morgan fingerprint density at radius 2 is 1.69 bits per heavy atom. The lowest BCUT2D eigenvalue weighted by atomic mass is 9.94. The smallest absolute Gasteiger partial charge is 0.273 e. The number of hydrogen-bond donors (Lipinski definition) is 0. The number of rotatable bonds is 3. The van der Waals surface area contributed by atoms with E-state index in [9.17, 15) is 4.79 Å². The molecule has 0 spiro atoms. The summed E-state index contributed by atoms with van der Waals surface area (Å²) >= 11 is 12.3. The molecule has 0 bridgehead atoms. The van der Waals surface area contributed by atoms with Gasteiger partial charge in [0.25, 0.3) is 5.91 Å². The van der Waals surface area contributed by atoms with E-state index in [1.807, 2.05) is 58.0 Å². The molecule has 0 unspecified atom stereocenters. The van der Waals surface area contributed by atoms with E-state index in [1.165, 1.54) is 19.3 Å². The Kier molecular flexibility index (Phi) is 4.84. The summed E-state index contributed by atoms with van der Waals surface area (Å²) in [6.45, 7) is 0.576. The first-order valence-corrected chi connectivity index (χ1v) is 10.8. The molecule has 1 fully saturated rings. The number of benzene rings is 2. The van der Waals surface area contributed by atoms with Crippen LogP contribution in [0.25, 0.3) is 17.1 Å². The molecule has 2 aliphatic rings. The van der Waals surface area contributed by atoms with Gasteiger partial charge in [-0.15, -0.1) is 0 Å². The number of halogens is 2. The lowest BCUT2D eigenvalue weighted by molar-refractivity contribution is 0.0652. The highest BCUT2D eigenvalue weighted by atomic mass is 35.5. The molecule has 29 heavy (non-hydrogen) atoms. The van der Waals surface area contributed by atoms with E-state index in [-0.39, 0.29) is 5.91 Å². The van der Waals surface area contributed by atoms with Gasteiger partial charge in [0, 0.05) is 27.3 Å². The van der Waals surface area contributed by atoms with Gasteiger partial charge in [0.1, 0.15) is 11.5 Å². The quantitative estimate of drug-likeness (QED) is 0.505. The molecule has 3 aromatic rings. The summed E-state index contributed by atoms with van der Waals surface area (Å²) in [6, 6.07) is 15.4. The highest BCUT2D eigenvalue weighted by Gasteiger charge is 2.38. The second kappa shape index (κ2) is 7.51. The Bertz CT molecular complexity index is 1070. The molecule has 2 aromatic carbocycles. The fraction of sp³-hybridized carbons (Fsp3) is 0.304. The number of nitrogens with zero attached hydrogens (tertiary/aromatic N) is 3. The maximum atomic E-state index is 13.5. The van der Waals surface area contributed by atoms with E-state index in [1.54, 1.807) is 0 Å². The van der Waals surface area contributed by atoms with Crippen molar-refractivity contribution in [3.63, 3.8) is 0 Å². The summed E-state index contributed by atoms with van der Waals surface area (Å²) in [4.78, 5) is 20.4. The molecule has 4 nitrogen and oxygen atoms in total. The number of carbonyl (C=O) groups excluding carboxylic acids is 1. The van der Waals surface area contributed by atoms with Crippen molar-refractivity contribution in [2.24, 2.45) is 0 Å². The number of fused-ring (bicyclic) bond motifs is 1. The van der Waals surface area contributed by atoms with Gasteiger partial charge < -0.3 is 4.90 Å². The van der Waals surface area contributed by atoms with Crippen molar-refractivity contribution in [3.8, 4) is 17.1 Å². The molecule has 148 valence electrons. The minimum atomic E-state index is 0.0719. The minimum Gasteiger partial charge on any atom is -0.328 e. The molecule has 0 saturated heterocycles. The molecular formula is C23H21Cl2N3O. The first-order valence-electron chi connectivity index (χ1n) is 10.1. The van der Waals surface area contributed by atoms with E-state index in [2.05, 4.69) is 0 Å². The summed E-state index contributed by atoms with van der Waals surface area (Å²) in [5, 5.41) is 1.30. The zero-order chi connectivity index (χ0) is 20.0. The van der Waals surface area contributed by atoms with Crippen molar-refractivity contribution in [1.29, 1.82) is 0 Å². The van der Waals surface area contributed by atoms with Crippen LogP contribution in [-0.4, -0.2) is 26.4 Å². The van der Waals surface area contributed by atoms with E-state index in [0.29, 0.717) is 28.3 Å². The van der Waals surface area contributed by atoms with Gasteiger partial charge in [0.05, 0.1) is 12.2 Å². The van der Waals surface area contributed by atoms with E-state index in [0.717, 1.165) is 35.6 Å². The predicted molar refractivity (Wildman–Crippen MR) is 116 cm³/mol. The standard InChI is InChI=1S/C23H21Cl2N3O/c24-16-9-11-19(12-10-16)28-21-20(26-22(28)15-5-4-6-17(25)13-15)14-27(23(21)29)18-7-2-1-3-8-18/h4-6,9-13,18H,1-3,7-8,14H2. The van der Waals surface area contributed by atoms with Crippen LogP contribution in [0, 0.1) is 0 Å². The van der Waals surface area contributed by atoms with Crippen LogP contribution in [-0.2, 0) is 6.54 Å².